The van der Waals surface area contributed by atoms with Crippen LogP contribution >= 0.6 is 0 Å². The van der Waals surface area contributed by atoms with Crippen LogP contribution in [0.25, 0.3) is 10.9 Å². The Morgan fingerprint density at radius 1 is 1.03 bits per heavy atom. The van der Waals surface area contributed by atoms with Gasteiger partial charge in [0.15, 0.2) is 6.73 Å². The standard InChI is InChI=1S/C20H20N4O5S/c25-19-17-9-2-3-10-18(17)21-22-24(19)14-29-20(26)15-7-6-8-16(13-15)30(27,28)23-11-4-1-5-12-23/h2-3,6-10,13H,1,4-5,11-12,14H2. The molecule has 0 radical (unpaired) electrons. The minimum atomic E-state index is -3.67. The predicted octanol–water partition coefficient (Wildman–Crippen LogP) is 1.78. The van der Waals surface area contributed by atoms with Crippen LogP contribution in [0, 0.1) is 0 Å². The fourth-order valence-electron chi connectivity index (χ4n) is 3.35. The molecule has 2 heterocycles. The Bertz CT molecular complexity index is 1250. The van der Waals surface area contributed by atoms with E-state index in [2.05, 4.69) is 10.3 Å². The molecule has 30 heavy (non-hydrogen) atoms. The monoisotopic (exact) mass is 428 g/mol. The van der Waals surface area contributed by atoms with Crippen LogP contribution in [0.2, 0.25) is 0 Å². The summed E-state index contributed by atoms with van der Waals surface area (Å²) >= 11 is 0. The first kappa shape index (κ1) is 20.2. The van der Waals surface area contributed by atoms with Gasteiger partial charge in [0.05, 0.1) is 15.8 Å². The van der Waals surface area contributed by atoms with Crippen molar-refractivity contribution in [3.05, 3.63) is 64.4 Å². The zero-order chi connectivity index (χ0) is 21.1. The highest BCUT2D eigenvalue weighted by Gasteiger charge is 2.26. The van der Waals surface area contributed by atoms with E-state index in [4.69, 9.17) is 4.74 Å². The summed E-state index contributed by atoms with van der Waals surface area (Å²) < 4.78 is 33.2. The number of esters is 1. The first-order valence-corrected chi connectivity index (χ1v) is 11.0. The van der Waals surface area contributed by atoms with Crippen molar-refractivity contribution in [2.24, 2.45) is 0 Å². The van der Waals surface area contributed by atoms with Crippen LogP contribution in [-0.2, 0) is 21.5 Å². The van der Waals surface area contributed by atoms with E-state index in [1.807, 2.05) is 0 Å². The quantitative estimate of drug-likeness (QED) is 0.570. The molecule has 0 atom stereocenters. The highest BCUT2D eigenvalue weighted by Crippen LogP contribution is 2.21. The number of piperidine rings is 1. The van der Waals surface area contributed by atoms with Crippen molar-refractivity contribution in [2.75, 3.05) is 13.1 Å². The van der Waals surface area contributed by atoms with Crippen molar-refractivity contribution in [1.29, 1.82) is 0 Å². The summed E-state index contributed by atoms with van der Waals surface area (Å²) in [6.45, 7) is 0.514. The molecular weight excluding hydrogens is 408 g/mol. The molecule has 0 amide bonds. The molecule has 9 nitrogen and oxygen atoms in total. The fourth-order valence-corrected chi connectivity index (χ4v) is 4.91. The van der Waals surface area contributed by atoms with Crippen LogP contribution in [0.5, 0.6) is 0 Å². The molecular formula is C20H20N4O5S. The van der Waals surface area contributed by atoms with Gasteiger partial charge in [0.25, 0.3) is 5.56 Å². The average molecular weight is 428 g/mol. The van der Waals surface area contributed by atoms with Crippen LogP contribution in [0.4, 0.5) is 0 Å². The Balaban J connectivity index is 1.51. The number of rotatable bonds is 5. The van der Waals surface area contributed by atoms with Crippen molar-refractivity contribution < 1.29 is 17.9 Å². The van der Waals surface area contributed by atoms with Crippen molar-refractivity contribution in [3.63, 3.8) is 0 Å². The molecule has 4 rings (SSSR count). The Hall–Kier alpha value is -3.11. The molecule has 0 N–H and O–H groups in total. The number of ether oxygens (including phenoxy) is 1. The van der Waals surface area contributed by atoms with E-state index >= 15 is 0 Å². The zero-order valence-corrected chi connectivity index (χ0v) is 16.9. The minimum absolute atomic E-state index is 0.0431. The highest BCUT2D eigenvalue weighted by molar-refractivity contribution is 7.89. The van der Waals surface area contributed by atoms with Crippen LogP contribution < -0.4 is 5.56 Å². The van der Waals surface area contributed by atoms with Gasteiger partial charge in [-0.1, -0.05) is 29.8 Å². The molecule has 1 aliphatic heterocycles. The Labute approximate surface area is 172 Å². The van der Waals surface area contributed by atoms with E-state index in [1.54, 1.807) is 24.3 Å². The van der Waals surface area contributed by atoms with Crippen LogP contribution in [-0.4, -0.2) is 46.8 Å². The number of hydrogen-bond acceptors (Lipinski definition) is 7. The summed E-state index contributed by atoms with van der Waals surface area (Å²) in [5.41, 5.74) is 0.0883. The van der Waals surface area contributed by atoms with E-state index in [1.165, 1.54) is 28.6 Å². The largest absolute Gasteiger partial charge is 0.439 e. The van der Waals surface area contributed by atoms with Gasteiger partial charge in [-0.05, 0) is 43.2 Å². The number of carbonyl (C=O) groups is 1. The van der Waals surface area contributed by atoms with E-state index in [-0.39, 0.29) is 10.5 Å². The Kier molecular flexibility index (Phi) is 5.60. The maximum absolute atomic E-state index is 12.8. The Morgan fingerprint density at radius 3 is 2.60 bits per heavy atom. The molecule has 2 aromatic carbocycles. The molecule has 0 saturated carbocycles. The second-order valence-electron chi connectivity index (χ2n) is 6.96. The van der Waals surface area contributed by atoms with E-state index in [0.717, 1.165) is 23.9 Å². The lowest BCUT2D eigenvalue weighted by atomic mass is 10.2. The number of fused-ring (bicyclic) bond motifs is 1. The second-order valence-corrected chi connectivity index (χ2v) is 8.90. The molecule has 0 bridgehead atoms. The molecule has 3 aromatic rings. The molecule has 1 fully saturated rings. The third-order valence-corrected chi connectivity index (χ3v) is 6.86. The van der Waals surface area contributed by atoms with Gasteiger partial charge in [-0.25, -0.2) is 13.2 Å². The van der Waals surface area contributed by atoms with Crippen molar-refractivity contribution in [2.45, 2.75) is 30.9 Å². The summed E-state index contributed by atoms with van der Waals surface area (Å²) in [7, 11) is -3.67. The van der Waals surface area contributed by atoms with Crippen LogP contribution in [0.15, 0.2) is 58.2 Å². The van der Waals surface area contributed by atoms with Gasteiger partial charge in [-0.2, -0.15) is 8.99 Å². The maximum Gasteiger partial charge on any atom is 0.339 e. The molecule has 1 aliphatic rings. The lowest BCUT2D eigenvalue weighted by Crippen LogP contribution is -2.35. The smallest absolute Gasteiger partial charge is 0.339 e. The molecule has 156 valence electrons. The first-order chi connectivity index (χ1) is 14.5. The number of aromatic nitrogens is 3. The topological polar surface area (TPSA) is 111 Å². The van der Waals surface area contributed by atoms with Gasteiger partial charge in [0.1, 0.15) is 5.52 Å². The molecule has 1 aromatic heterocycles. The van der Waals surface area contributed by atoms with Gasteiger partial charge in [0.2, 0.25) is 10.0 Å². The SMILES string of the molecule is O=C(OCn1nnc2ccccc2c1=O)c1cccc(S(=O)(=O)N2CCCCC2)c1. The maximum atomic E-state index is 12.8. The number of carbonyl (C=O) groups excluding carboxylic acids is 1. The molecule has 1 saturated heterocycles. The third kappa shape index (κ3) is 3.96. The van der Waals surface area contributed by atoms with Gasteiger partial charge in [-0.3, -0.25) is 4.79 Å². The summed E-state index contributed by atoms with van der Waals surface area (Å²) in [6, 6.07) is 12.4. The number of nitrogens with zero attached hydrogens (tertiary/aromatic N) is 4. The van der Waals surface area contributed by atoms with Gasteiger partial charge in [0, 0.05) is 13.1 Å². The van der Waals surface area contributed by atoms with Crippen molar-refractivity contribution >= 4 is 26.9 Å². The first-order valence-electron chi connectivity index (χ1n) is 9.57. The molecule has 0 spiro atoms. The molecule has 0 aliphatic carbocycles. The number of benzene rings is 2. The predicted molar refractivity (Wildman–Crippen MR) is 108 cm³/mol. The second kappa shape index (κ2) is 8.33. The summed E-state index contributed by atoms with van der Waals surface area (Å²) in [4.78, 5) is 24.9. The van der Waals surface area contributed by atoms with Gasteiger partial charge in [-0.15, -0.1) is 5.10 Å². The lowest BCUT2D eigenvalue weighted by Gasteiger charge is -2.25. The summed E-state index contributed by atoms with van der Waals surface area (Å²) in [5.74, 6) is -0.757. The fraction of sp³-hybridized carbons (Fsp3) is 0.300. The van der Waals surface area contributed by atoms with Gasteiger partial charge < -0.3 is 4.74 Å². The Morgan fingerprint density at radius 2 is 1.80 bits per heavy atom. The highest BCUT2D eigenvalue weighted by atomic mass is 32.2. The van der Waals surface area contributed by atoms with Crippen LogP contribution in [0.3, 0.4) is 0 Å². The van der Waals surface area contributed by atoms with Crippen molar-refractivity contribution in [1.82, 2.24) is 19.3 Å². The molecule has 10 heteroatoms. The van der Waals surface area contributed by atoms with E-state index in [9.17, 15) is 18.0 Å². The van der Waals surface area contributed by atoms with E-state index < -0.39 is 28.3 Å². The third-order valence-electron chi connectivity index (χ3n) is 4.97. The summed E-state index contributed by atoms with van der Waals surface area (Å²) in [6.07, 6.45) is 2.65. The van der Waals surface area contributed by atoms with Gasteiger partial charge >= 0.3 is 5.97 Å². The van der Waals surface area contributed by atoms with Crippen molar-refractivity contribution in [3.8, 4) is 0 Å². The minimum Gasteiger partial charge on any atom is -0.439 e. The number of hydrogen-bond donors (Lipinski definition) is 0. The zero-order valence-electron chi connectivity index (χ0n) is 16.1. The number of sulfonamides is 1. The lowest BCUT2D eigenvalue weighted by molar-refractivity contribution is 0.0336. The summed E-state index contributed by atoms with van der Waals surface area (Å²) in [5, 5.41) is 8.05. The average Bonchev–Trinajstić information content (AvgIpc) is 2.79. The normalized spacial score (nSPS) is 15.2. The van der Waals surface area contributed by atoms with Crippen LogP contribution in [0.1, 0.15) is 29.6 Å². The van der Waals surface area contributed by atoms with E-state index in [0.29, 0.717) is 24.0 Å². The molecule has 0 unspecified atom stereocenters.